The van der Waals surface area contributed by atoms with Gasteiger partial charge < -0.3 is 14.8 Å². The normalized spacial score (nSPS) is 42.2. The highest BCUT2D eigenvalue weighted by molar-refractivity contribution is 7.99. The molecule has 2 unspecified atom stereocenters. The van der Waals surface area contributed by atoms with Crippen LogP contribution < -0.4 is 5.32 Å². The summed E-state index contributed by atoms with van der Waals surface area (Å²) in [5, 5.41) is 3.29. The second-order valence-corrected chi connectivity index (χ2v) is 6.73. The van der Waals surface area contributed by atoms with Crippen LogP contribution in [-0.4, -0.2) is 48.5 Å². The van der Waals surface area contributed by atoms with Crippen molar-refractivity contribution >= 4 is 11.8 Å². The molecule has 3 heterocycles. The van der Waals surface area contributed by atoms with Crippen LogP contribution in [0, 0.1) is 0 Å². The van der Waals surface area contributed by atoms with E-state index in [0.717, 1.165) is 32.5 Å². The monoisotopic (exact) mass is 243 g/mol. The summed E-state index contributed by atoms with van der Waals surface area (Å²) in [7, 11) is 0. The summed E-state index contributed by atoms with van der Waals surface area (Å²) in [4.78, 5) is 0. The van der Waals surface area contributed by atoms with Gasteiger partial charge in [-0.15, -0.1) is 0 Å². The second-order valence-electron chi connectivity index (χ2n) is 5.62. The molecule has 0 bridgehead atoms. The minimum absolute atomic E-state index is 0.0922. The topological polar surface area (TPSA) is 30.5 Å². The summed E-state index contributed by atoms with van der Waals surface area (Å²) in [6.45, 7) is 5.11. The molecule has 0 aromatic rings. The largest absolute Gasteiger partial charge is 0.374 e. The highest BCUT2D eigenvalue weighted by atomic mass is 32.2. The van der Waals surface area contributed by atoms with Crippen LogP contribution in [0.5, 0.6) is 0 Å². The molecule has 3 aliphatic heterocycles. The van der Waals surface area contributed by atoms with Gasteiger partial charge in [0.15, 0.2) is 0 Å². The Morgan fingerprint density at radius 3 is 2.94 bits per heavy atom. The predicted molar refractivity (Wildman–Crippen MR) is 66.0 cm³/mol. The third-order valence-corrected chi connectivity index (χ3v) is 5.19. The van der Waals surface area contributed by atoms with E-state index in [1.165, 1.54) is 17.9 Å². The van der Waals surface area contributed by atoms with Crippen LogP contribution in [0.1, 0.15) is 26.2 Å². The molecular weight excluding hydrogens is 222 g/mol. The molecule has 16 heavy (non-hydrogen) atoms. The molecule has 2 atom stereocenters. The van der Waals surface area contributed by atoms with Gasteiger partial charge >= 0.3 is 0 Å². The molecule has 3 saturated heterocycles. The number of hydrogen-bond donors (Lipinski definition) is 1. The van der Waals surface area contributed by atoms with Crippen molar-refractivity contribution in [1.82, 2.24) is 5.32 Å². The lowest BCUT2D eigenvalue weighted by Gasteiger charge is -2.45. The smallest absolute Gasteiger partial charge is 0.0905 e. The van der Waals surface area contributed by atoms with E-state index >= 15 is 0 Å². The maximum atomic E-state index is 6.25. The number of rotatable bonds is 2. The lowest BCUT2D eigenvalue weighted by atomic mass is 9.90. The Labute approximate surface area is 102 Å². The number of ether oxygens (including phenoxy) is 2. The van der Waals surface area contributed by atoms with Gasteiger partial charge in [-0.25, -0.2) is 0 Å². The zero-order valence-corrected chi connectivity index (χ0v) is 10.8. The van der Waals surface area contributed by atoms with E-state index in [1.54, 1.807) is 0 Å². The first-order valence-corrected chi connectivity index (χ1v) is 7.46. The Balaban J connectivity index is 1.59. The molecule has 0 aromatic heterocycles. The van der Waals surface area contributed by atoms with Crippen molar-refractivity contribution in [2.24, 2.45) is 0 Å². The van der Waals surface area contributed by atoms with E-state index < -0.39 is 0 Å². The van der Waals surface area contributed by atoms with Gasteiger partial charge in [-0.1, -0.05) is 0 Å². The molecule has 3 rings (SSSR count). The van der Waals surface area contributed by atoms with Crippen LogP contribution in [0.4, 0.5) is 0 Å². The van der Waals surface area contributed by atoms with Gasteiger partial charge in [0.05, 0.1) is 17.3 Å². The molecule has 3 nitrogen and oxygen atoms in total. The minimum atomic E-state index is 0.0922. The van der Waals surface area contributed by atoms with E-state index in [0.29, 0.717) is 6.10 Å². The molecule has 0 aromatic carbocycles. The van der Waals surface area contributed by atoms with Crippen molar-refractivity contribution in [2.75, 3.05) is 31.2 Å². The van der Waals surface area contributed by atoms with E-state index in [2.05, 4.69) is 12.2 Å². The van der Waals surface area contributed by atoms with Gasteiger partial charge in [0, 0.05) is 31.9 Å². The third kappa shape index (κ3) is 2.13. The summed E-state index contributed by atoms with van der Waals surface area (Å²) in [6, 6.07) is 0. The zero-order valence-electron chi connectivity index (χ0n) is 9.96. The van der Waals surface area contributed by atoms with Crippen molar-refractivity contribution in [3.63, 3.8) is 0 Å². The molecule has 4 heteroatoms. The summed E-state index contributed by atoms with van der Waals surface area (Å²) in [5.41, 5.74) is 0.246. The molecule has 0 amide bonds. The standard InChI is InChI=1S/C12H21NO2S/c1-11(7-13-8-11)15-10-2-4-14-12(6-10)3-5-16-9-12/h10,13H,2-9H2,1H3. The summed E-state index contributed by atoms with van der Waals surface area (Å²) in [6.07, 6.45) is 3.81. The van der Waals surface area contributed by atoms with Crippen LogP contribution >= 0.6 is 11.8 Å². The fraction of sp³-hybridized carbons (Fsp3) is 1.00. The van der Waals surface area contributed by atoms with Crippen molar-refractivity contribution in [2.45, 2.75) is 43.5 Å². The van der Waals surface area contributed by atoms with Gasteiger partial charge in [0.25, 0.3) is 0 Å². The highest BCUT2D eigenvalue weighted by Gasteiger charge is 2.43. The lowest BCUT2D eigenvalue weighted by Crippen LogP contribution is -2.61. The highest BCUT2D eigenvalue weighted by Crippen LogP contribution is 2.40. The fourth-order valence-corrected chi connectivity index (χ4v) is 4.29. The van der Waals surface area contributed by atoms with Crippen LogP contribution in [0.15, 0.2) is 0 Å². The lowest BCUT2D eigenvalue weighted by molar-refractivity contribution is -0.174. The van der Waals surface area contributed by atoms with Gasteiger partial charge in [-0.05, 0) is 25.5 Å². The first kappa shape index (κ1) is 11.3. The maximum Gasteiger partial charge on any atom is 0.0905 e. The molecule has 0 saturated carbocycles. The molecule has 3 aliphatic rings. The number of thioether (sulfide) groups is 1. The minimum Gasteiger partial charge on any atom is -0.374 e. The maximum absolute atomic E-state index is 6.25. The molecule has 1 spiro atoms. The fourth-order valence-electron chi connectivity index (χ4n) is 2.91. The number of hydrogen-bond acceptors (Lipinski definition) is 4. The molecular formula is C12H21NO2S. The Hall–Kier alpha value is 0.230. The van der Waals surface area contributed by atoms with Gasteiger partial charge in [0.2, 0.25) is 0 Å². The average molecular weight is 243 g/mol. The van der Waals surface area contributed by atoms with Crippen LogP contribution in [0.25, 0.3) is 0 Å². The first-order valence-electron chi connectivity index (χ1n) is 6.30. The third-order valence-electron chi connectivity index (χ3n) is 3.96. The summed E-state index contributed by atoms with van der Waals surface area (Å²) in [5.74, 6) is 2.42. The summed E-state index contributed by atoms with van der Waals surface area (Å²) >= 11 is 2.03. The van der Waals surface area contributed by atoms with Crippen molar-refractivity contribution in [3.05, 3.63) is 0 Å². The van der Waals surface area contributed by atoms with Crippen LogP contribution in [0.3, 0.4) is 0 Å². The van der Waals surface area contributed by atoms with E-state index in [-0.39, 0.29) is 11.2 Å². The first-order chi connectivity index (χ1) is 7.70. The van der Waals surface area contributed by atoms with E-state index in [4.69, 9.17) is 9.47 Å². The Morgan fingerprint density at radius 1 is 1.44 bits per heavy atom. The molecule has 0 aliphatic carbocycles. The quantitative estimate of drug-likeness (QED) is 0.794. The van der Waals surface area contributed by atoms with Crippen LogP contribution in [-0.2, 0) is 9.47 Å². The number of nitrogens with one attached hydrogen (secondary N) is 1. The Bertz CT molecular complexity index is 262. The van der Waals surface area contributed by atoms with Gasteiger partial charge in [0.1, 0.15) is 0 Å². The van der Waals surface area contributed by atoms with E-state index in [1.807, 2.05) is 11.8 Å². The second kappa shape index (κ2) is 4.16. The molecule has 92 valence electrons. The zero-order chi connectivity index (χ0) is 11.1. The van der Waals surface area contributed by atoms with Crippen LogP contribution in [0.2, 0.25) is 0 Å². The van der Waals surface area contributed by atoms with Crippen molar-refractivity contribution < 1.29 is 9.47 Å². The van der Waals surface area contributed by atoms with Gasteiger partial charge in [-0.3, -0.25) is 0 Å². The van der Waals surface area contributed by atoms with Gasteiger partial charge in [-0.2, -0.15) is 11.8 Å². The summed E-state index contributed by atoms with van der Waals surface area (Å²) < 4.78 is 12.3. The molecule has 0 radical (unpaired) electrons. The average Bonchev–Trinajstić information content (AvgIpc) is 2.64. The molecule has 3 fully saturated rings. The SMILES string of the molecule is CC1(OC2CCOC3(CCSC3)C2)CNC1. The molecule has 1 N–H and O–H groups in total. The van der Waals surface area contributed by atoms with Crippen molar-refractivity contribution in [1.29, 1.82) is 0 Å². The van der Waals surface area contributed by atoms with Crippen molar-refractivity contribution in [3.8, 4) is 0 Å². The predicted octanol–water partition coefficient (Wildman–Crippen LogP) is 1.42. The Kier molecular flexibility index (Phi) is 2.94. The Morgan fingerprint density at radius 2 is 2.31 bits per heavy atom. The van der Waals surface area contributed by atoms with E-state index in [9.17, 15) is 0 Å².